The molecule has 0 saturated carbocycles. The second kappa shape index (κ2) is 10.8. The Morgan fingerprint density at radius 3 is 2.38 bits per heavy atom. The van der Waals surface area contributed by atoms with Crippen LogP contribution in [0.25, 0.3) is 0 Å². The summed E-state index contributed by atoms with van der Waals surface area (Å²) in [6.45, 7) is 9.12. The average molecular weight is 465 g/mol. The van der Waals surface area contributed by atoms with E-state index in [1.54, 1.807) is 7.11 Å². The average Bonchev–Trinajstić information content (AvgIpc) is 2.87. The molecule has 0 bridgehead atoms. The van der Waals surface area contributed by atoms with Crippen molar-refractivity contribution in [3.8, 4) is 5.75 Å². The lowest BCUT2D eigenvalue weighted by atomic mass is 9.99. The van der Waals surface area contributed by atoms with Crippen molar-refractivity contribution in [1.29, 1.82) is 0 Å². The number of nitrogens with zero attached hydrogens (tertiary/aromatic N) is 3. The maximum atomic E-state index is 12.9. The largest absolute Gasteiger partial charge is 0.497 e. The maximum Gasteiger partial charge on any atom is 0.253 e. The topological polar surface area (TPSA) is 65.1 Å². The van der Waals surface area contributed by atoms with Crippen LogP contribution >= 0.6 is 0 Å². The second-order valence-corrected chi connectivity index (χ2v) is 9.45. The first kappa shape index (κ1) is 23.9. The number of aryl methyl sites for hydroxylation is 1. The van der Waals surface area contributed by atoms with Gasteiger partial charge in [-0.05, 0) is 73.7 Å². The highest BCUT2D eigenvalue weighted by Crippen LogP contribution is 2.22. The molecule has 1 unspecified atom stereocenters. The molecule has 0 aromatic heterocycles. The van der Waals surface area contributed by atoms with E-state index in [1.807, 2.05) is 47.1 Å². The molecule has 2 aliphatic heterocycles. The van der Waals surface area contributed by atoms with E-state index in [0.717, 1.165) is 60.9 Å². The molecule has 182 valence electrons. The molecule has 0 radical (unpaired) electrons. The molecule has 0 spiro atoms. The van der Waals surface area contributed by atoms with Gasteiger partial charge in [0.1, 0.15) is 5.75 Å². The van der Waals surface area contributed by atoms with Crippen LogP contribution < -0.4 is 15.0 Å². The first-order chi connectivity index (χ1) is 16.4. The Kier molecular flexibility index (Phi) is 7.60. The van der Waals surface area contributed by atoms with Crippen molar-refractivity contribution in [1.82, 2.24) is 9.80 Å². The molecular formula is C27H36N4O3. The summed E-state index contributed by atoms with van der Waals surface area (Å²) in [6, 6.07) is 13.8. The van der Waals surface area contributed by atoms with Gasteiger partial charge in [0.05, 0.1) is 13.7 Å². The molecule has 1 atom stereocenters. The lowest BCUT2D eigenvalue weighted by Crippen LogP contribution is -2.50. The molecule has 2 aromatic rings. The zero-order chi connectivity index (χ0) is 24.1. The van der Waals surface area contributed by atoms with Crippen LogP contribution in [0.15, 0.2) is 42.5 Å². The number of carbonyl (C=O) groups excluding carboxylic acids is 2. The summed E-state index contributed by atoms with van der Waals surface area (Å²) in [5.41, 5.74) is 3.75. The van der Waals surface area contributed by atoms with Crippen molar-refractivity contribution in [3.63, 3.8) is 0 Å². The standard InChI is InChI=1S/C27H36N4O3/c1-20-5-4-12-31(19-20)27(33)22-6-11-25(21(2)17-22)28-18-26(32)30-15-13-29(14-16-30)23-7-9-24(34-3)10-8-23/h6-11,17,20,28H,4-5,12-16,18-19H2,1-3H3. The lowest BCUT2D eigenvalue weighted by Gasteiger charge is -2.36. The molecule has 2 amide bonds. The molecule has 2 fully saturated rings. The Bertz CT molecular complexity index is 999. The second-order valence-electron chi connectivity index (χ2n) is 9.45. The molecule has 1 N–H and O–H groups in total. The van der Waals surface area contributed by atoms with E-state index in [1.165, 1.54) is 6.42 Å². The Morgan fingerprint density at radius 2 is 1.74 bits per heavy atom. The zero-order valence-electron chi connectivity index (χ0n) is 20.5. The number of hydrogen-bond acceptors (Lipinski definition) is 5. The van der Waals surface area contributed by atoms with E-state index >= 15 is 0 Å². The van der Waals surface area contributed by atoms with Crippen LogP contribution in [-0.2, 0) is 4.79 Å². The molecule has 34 heavy (non-hydrogen) atoms. The van der Waals surface area contributed by atoms with Gasteiger partial charge < -0.3 is 24.8 Å². The van der Waals surface area contributed by atoms with Crippen molar-refractivity contribution < 1.29 is 14.3 Å². The number of carbonyl (C=O) groups is 2. The Labute approximate surface area is 202 Å². The summed E-state index contributed by atoms with van der Waals surface area (Å²) < 4.78 is 5.23. The number of piperazine rings is 1. The summed E-state index contributed by atoms with van der Waals surface area (Å²) >= 11 is 0. The van der Waals surface area contributed by atoms with Crippen LogP contribution in [-0.4, -0.2) is 74.5 Å². The molecule has 2 aromatic carbocycles. The SMILES string of the molecule is COc1ccc(N2CCN(C(=O)CNc3ccc(C(=O)N4CCCC(C)C4)cc3C)CC2)cc1. The summed E-state index contributed by atoms with van der Waals surface area (Å²) in [4.78, 5) is 31.8. The number of piperidine rings is 1. The van der Waals surface area contributed by atoms with Crippen LogP contribution in [0.2, 0.25) is 0 Å². The fraction of sp³-hybridized carbons (Fsp3) is 0.481. The van der Waals surface area contributed by atoms with E-state index in [9.17, 15) is 9.59 Å². The smallest absolute Gasteiger partial charge is 0.253 e. The van der Waals surface area contributed by atoms with Gasteiger partial charge in [0, 0.05) is 56.2 Å². The third-order valence-electron chi connectivity index (χ3n) is 6.92. The highest BCUT2D eigenvalue weighted by molar-refractivity contribution is 5.95. The quantitative estimate of drug-likeness (QED) is 0.707. The molecule has 2 saturated heterocycles. The van der Waals surface area contributed by atoms with E-state index in [4.69, 9.17) is 4.74 Å². The van der Waals surface area contributed by atoms with Crippen molar-refractivity contribution in [3.05, 3.63) is 53.6 Å². The molecule has 7 heteroatoms. The monoisotopic (exact) mass is 464 g/mol. The van der Waals surface area contributed by atoms with Gasteiger partial charge in [0.2, 0.25) is 5.91 Å². The van der Waals surface area contributed by atoms with Crippen LogP contribution in [0.5, 0.6) is 5.75 Å². The number of hydrogen-bond donors (Lipinski definition) is 1. The van der Waals surface area contributed by atoms with Crippen molar-refractivity contribution in [2.75, 3.05) is 63.1 Å². The van der Waals surface area contributed by atoms with Gasteiger partial charge in [0.15, 0.2) is 0 Å². The highest BCUT2D eigenvalue weighted by Gasteiger charge is 2.23. The normalized spacial score (nSPS) is 18.6. The maximum absolute atomic E-state index is 12.9. The number of methoxy groups -OCH3 is 1. The number of anilines is 2. The minimum Gasteiger partial charge on any atom is -0.497 e. The summed E-state index contributed by atoms with van der Waals surface area (Å²) in [5, 5.41) is 3.27. The van der Waals surface area contributed by atoms with Gasteiger partial charge in [0.25, 0.3) is 5.91 Å². The predicted octanol–water partition coefficient (Wildman–Crippen LogP) is 3.64. The zero-order valence-corrected chi connectivity index (χ0v) is 20.5. The third-order valence-corrected chi connectivity index (χ3v) is 6.92. The molecule has 7 nitrogen and oxygen atoms in total. The fourth-order valence-corrected chi connectivity index (χ4v) is 4.84. The number of ether oxygens (including phenoxy) is 1. The number of nitrogens with one attached hydrogen (secondary N) is 1. The van der Waals surface area contributed by atoms with Crippen molar-refractivity contribution in [2.45, 2.75) is 26.7 Å². The van der Waals surface area contributed by atoms with Crippen LogP contribution in [0, 0.1) is 12.8 Å². The highest BCUT2D eigenvalue weighted by atomic mass is 16.5. The fourth-order valence-electron chi connectivity index (χ4n) is 4.84. The Balaban J connectivity index is 1.27. The molecule has 2 heterocycles. The van der Waals surface area contributed by atoms with Gasteiger partial charge in [-0.25, -0.2) is 0 Å². The molecule has 0 aliphatic carbocycles. The van der Waals surface area contributed by atoms with E-state index in [0.29, 0.717) is 19.0 Å². The van der Waals surface area contributed by atoms with E-state index in [-0.39, 0.29) is 18.4 Å². The van der Waals surface area contributed by atoms with Gasteiger partial charge in [-0.15, -0.1) is 0 Å². The Hall–Kier alpha value is -3.22. The third kappa shape index (κ3) is 5.64. The number of amides is 2. The van der Waals surface area contributed by atoms with Crippen molar-refractivity contribution in [2.24, 2.45) is 5.92 Å². The van der Waals surface area contributed by atoms with Gasteiger partial charge in [-0.2, -0.15) is 0 Å². The number of rotatable bonds is 6. The van der Waals surface area contributed by atoms with Crippen LogP contribution in [0.1, 0.15) is 35.7 Å². The first-order valence-electron chi connectivity index (χ1n) is 12.2. The molecule has 4 rings (SSSR count). The van der Waals surface area contributed by atoms with Crippen LogP contribution in [0.3, 0.4) is 0 Å². The van der Waals surface area contributed by atoms with Gasteiger partial charge >= 0.3 is 0 Å². The predicted molar refractivity (Wildman–Crippen MR) is 136 cm³/mol. The minimum atomic E-state index is 0.0937. The number of benzene rings is 2. The van der Waals surface area contributed by atoms with E-state index in [2.05, 4.69) is 29.3 Å². The summed E-state index contributed by atoms with van der Waals surface area (Å²) in [6.07, 6.45) is 2.26. The summed E-state index contributed by atoms with van der Waals surface area (Å²) in [7, 11) is 1.67. The van der Waals surface area contributed by atoms with Gasteiger partial charge in [-0.3, -0.25) is 9.59 Å². The summed E-state index contributed by atoms with van der Waals surface area (Å²) in [5.74, 6) is 1.60. The lowest BCUT2D eigenvalue weighted by molar-refractivity contribution is -0.129. The molecular weight excluding hydrogens is 428 g/mol. The van der Waals surface area contributed by atoms with Crippen LogP contribution in [0.4, 0.5) is 11.4 Å². The van der Waals surface area contributed by atoms with Gasteiger partial charge in [-0.1, -0.05) is 6.92 Å². The molecule has 2 aliphatic rings. The van der Waals surface area contributed by atoms with Crippen molar-refractivity contribution >= 4 is 23.2 Å². The Morgan fingerprint density at radius 1 is 1.00 bits per heavy atom. The first-order valence-corrected chi connectivity index (χ1v) is 12.2. The minimum absolute atomic E-state index is 0.0937. The van der Waals surface area contributed by atoms with E-state index < -0.39 is 0 Å². The number of likely N-dealkylation sites (tertiary alicyclic amines) is 1.